The molecule has 0 spiro atoms. The second-order valence-corrected chi connectivity index (χ2v) is 5.72. The number of methoxy groups -OCH3 is 2. The van der Waals surface area contributed by atoms with Crippen molar-refractivity contribution in [1.82, 2.24) is 0 Å². The molecule has 0 amide bonds. The van der Waals surface area contributed by atoms with Crippen molar-refractivity contribution < 1.29 is 33.0 Å². The lowest BCUT2D eigenvalue weighted by atomic mass is 9.81. The Bertz CT molecular complexity index is 820. The van der Waals surface area contributed by atoms with E-state index in [1.807, 2.05) is 0 Å². The number of aromatic nitrogens is 1. The smallest absolute Gasteiger partial charge is 0.320 e. The van der Waals surface area contributed by atoms with E-state index in [0.717, 1.165) is 32.5 Å². The van der Waals surface area contributed by atoms with Crippen LogP contribution in [-0.2, 0) is 19.1 Å². The minimum atomic E-state index is -1.45. The number of pyridine rings is 1. The lowest BCUT2D eigenvalue weighted by Crippen LogP contribution is -2.37. The summed E-state index contributed by atoms with van der Waals surface area (Å²) < 4.78 is 23.0. The molecule has 2 rings (SSSR count). The van der Waals surface area contributed by atoms with E-state index < -0.39 is 35.4 Å². The lowest BCUT2D eigenvalue weighted by Gasteiger charge is -2.23. The second kappa shape index (κ2) is 8.88. The molecule has 8 heteroatoms. The number of carbonyl (C=O) groups excluding carboxylic acids is 3. The molecule has 2 aromatic rings. The van der Waals surface area contributed by atoms with Crippen LogP contribution in [0, 0.1) is 16.9 Å². The van der Waals surface area contributed by atoms with Gasteiger partial charge >= 0.3 is 11.9 Å². The fraction of sp³-hybridized carbons (Fsp3) is 0.263. The zero-order valence-corrected chi connectivity index (χ0v) is 14.8. The van der Waals surface area contributed by atoms with Crippen LogP contribution >= 0.6 is 0 Å². The van der Waals surface area contributed by atoms with E-state index in [0.29, 0.717) is 10.3 Å². The maximum Gasteiger partial charge on any atom is 0.320 e. The number of hydrogen-bond acceptors (Lipinski definition) is 6. The Morgan fingerprint density at radius 3 is 2.15 bits per heavy atom. The van der Waals surface area contributed by atoms with E-state index in [4.69, 9.17) is 0 Å². The molecular formula is C19H18FNO6. The van der Waals surface area contributed by atoms with E-state index in [1.165, 1.54) is 30.3 Å². The molecule has 0 saturated heterocycles. The van der Waals surface area contributed by atoms with Crippen LogP contribution in [0.5, 0.6) is 0 Å². The maximum atomic E-state index is 13.3. The number of nitrogens with zero attached hydrogens (tertiary/aromatic N) is 1. The summed E-state index contributed by atoms with van der Waals surface area (Å²) in [6, 6.07) is 9.34. The standard InChI is InChI=1S/C19H18FNO6/c1-26-18(23)17(19(24)27-2)14(12-6-8-13(20)9-7-12)11-16(22)15-5-3-4-10-21(15)25/h3-10,14,17H,11H2,1-2H3/t14-/m1/s1. The Hall–Kier alpha value is -3.29. The molecule has 0 bridgehead atoms. The zero-order valence-electron chi connectivity index (χ0n) is 14.8. The number of halogens is 1. The molecule has 0 N–H and O–H groups in total. The normalized spacial score (nSPS) is 11.7. The second-order valence-electron chi connectivity index (χ2n) is 5.72. The molecule has 0 radical (unpaired) electrons. The number of esters is 2. The molecule has 0 saturated carbocycles. The molecule has 1 heterocycles. The van der Waals surface area contributed by atoms with Crippen molar-refractivity contribution in [2.75, 3.05) is 14.2 Å². The first-order chi connectivity index (χ1) is 12.9. The third-order valence-corrected chi connectivity index (χ3v) is 4.13. The van der Waals surface area contributed by atoms with E-state index in [2.05, 4.69) is 9.47 Å². The largest absolute Gasteiger partial charge is 0.618 e. The SMILES string of the molecule is COC(=O)C(C(=O)OC)[C@H](CC(=O)c1cccc[n+]1[O-])c1ccc(F)cc1. The molecule has 7 nitrogen and oxygen atoms in total. The van der Waals surface area contributed by atoms with Crippen molar-refractivity contribution in [2.24, 2.45) is 5.92 Å². The van der Waals surface area contributed by atoms with Crippen LogP contribution in [0.25, 0.3) is 0 Å². The Balaban J connectivity index is 2.47. The average molecular weight is 375 g/mol. The summed E-state index contributed by atoms with van der Waals surface area (Å²) in [6.45, 7) is 0. The molecule has 1 aromatic heterocycles. The van der Waals surface area contributed by atoms with Gasteiger partial charge in [0.25, 0.3) is 5.69 Å². The molecule has 0 aliphatic heterocycles. The van der Waals surface area contributed by atoms with Gasteiger partial charge in [-0.25, -0.2) is 4.39 Å². The van der Waals surface area contributed by atoms with Crippen LogP contribution in [0.3, 0.4) is 0 Å². The van der Waals surface area contributed by atoms with Crippen molar-refractivity contribution in [3.05, 3.63) is 70.9 Å². The molecule has 0 fully saturated rings. The van der Waals surface area contributed by atoms with Gasteiger partial charge in [0.1, 0.15) is 5.82 Å². The van der Waals surface area contributed by atoms with E-state index in [9.17, 15) is 24.0 Å². The number of carbonyl (C=O) groups is 3. The van der Waals surface area contributed by atoms with Crippen LogP contribution in [-0.4, -0.2) is 31.9 Å². The van der Waals surface area contributed by atoms with E-state index in [-0.39, 0.29) is 12.1 Å². The molecule has 27 heavy (non-hydrogen) atoms. The molecule has 0 aliphatic carbocycles. The molecule has 142 valence electrons. The highest BCUT2D eigenvalue weighted by Crippen LogP contribution is 2.31. The van der Waals surface area contributed by atoms with Crippen molar-refractivity contribution in [2.45, 2.75) is 12.3 Å². The van der Waals surface area contributed by atoms with E-state index >= 15 is 0 Å². The van der Waals surface area contributed by atoms with Gasteiger partial charge < -0.3 is 14.7 Å². The Morgan fingerprint density at radius 1 is 1.04 bits per heavy atom. The molecule has 1 atom stereocenters. The van der Waals surface area contributed by atoms with Gasteiger partial charge in [0.05, 0.1) is 14.2 Å². The van der Waals surface area contributed by atoms with Gasteiger partial charge in [-0.05, 0) is 23.8 Å². The summed E-state index contributed by atoms with van der Waals surface area (Å²) in [6.07, 6.45) is 0.810. The summed E-state index contributed by atoms with van der Waals surface area (Å²) in [7, 11) is 2.20. The third kappa shape index (κ3) is 4.66. The summed E-state index contributed by atoms with van der Waals surface area (Å²) in [5.41, 5.74) is 0.219. The molecular weight excluding hydrogens is 357 g/mol. The first-order valence-electron chi connectivity index (χ1n) is 8.01. The fourth-order valence-electron chi connectivity index (χ4n) is 2.77. The van der Waals surface area contributed by atoms with Gasteiger partial charge in [-0.3, -0.25) is 14.4 Å². The number of rotatable bonds is 7. The zero-order chi connectivity index (χ0) is 20.0. The highest BCUT2D eigenvalue weighted by Gasteiger charge is 2.40. The summed E-state index contributed by atoms with van der Waals surface area (Å²) >= 11 is 0. The van der Waals surface area contributed by atoms with Crippen LogP contribution < -0.4 is 4.73 Å². The first kappa shape index (κ1) is 20.0. The monoisotopic (exact) mass is 375 g/mol. The summed E-state index contributed by atoms with van der Waals surface area (Å²) in [5.74, 6) is -5.34. The van der Waals surface area contributed by atoms with Gasteiger partial charge in [-0.2, -0.15) is 4.73 Å². The highest BCUT2D eigenvalue weighted by molar-refractivity contribution is 5.98. The van der Waals surface area contributed by atoms with Crippen molar-refractivity contribution >= 4 is 17.7 Å². The van der Waals surface area contributed by atoms with Gasteiger partial charge in [-0.1, -0.05) is 12.1 Å². The Morgan fingerprint density at radius 2 is 1.63 bits per heavy atom. The number of ketones is 1. The van der Waals surface area contributed by atoms with Gasteiger partial charge in [0.15, 0.2) is 12.1 Å². The van der Waals surface area contributed by atoms with Crippen LogP contribution in [0.2, 0.25) is 0 Å². The van der Waals surface area contributed by atoms with Crippen LogP contribution in [0.1, 0.15) is 28.4 Å². The third-order valence-electron chi connectivity index (χ3n) is 4.13. The topological polar surface area (TPSA) is 96.6 Å². The summed E-state index contributed by atoms with van der Waals surface area (Å²) in [5, 5.41) is 11.8. The predicted molar refractivity (Wildman–Crippen MR) is 91.0 cm³/mol. The average Bonchev–Trinajstić information content (AvgIpc) is 2.67. The first-order valence-corrected chi connectivity index (χ1v) is 8.01. The van der Waals surface area contributed by atoms with Gasteiger partial charge in [0.2, 0.25) is 5.78 Å². The van der Waals surface area contributed by atoms with Crippen LogP contribution in [0.4, 0.5) is 4.39 Å². The number of ether oxygens (including phenoxy) is 2. The molecule has 1 aromatic carbocycles. The van der Waals surface area contributed by atoms with E-state index in [1.54, 1.807) is 0 Å². The number of hydrogen-bond donors (Lipinski definition) is 0. The highest BCUT2D eigenvalue weighted by atomic mass is 19.1. The maximum absolute atomic E-state index is 13.3. The number of Topliss-reactive ketones (excluding diaryl/α,β-unsaturated/α-hetero) is 1. The fourth-order valence-corrected chi connectivity index (χ4v) is 2.77. The minimum Gasteiger partial charge on any atom is -0.618 e. The Labute approximate surface area is 154 Å². The molecule has 0 aliphatic rings. The van der Waals surface area contributed by atoms with Crippen LogP contribution in [0.15, 0.2) is 48.7 Å². The van der Waals surface area contributed by atoms with Gasteiger partial charge in [-0.15, -0.1) is 0 Å². The minimum absolute atomic E-state index is 0.141. The predicted octanol–water partition coefficient (Wildman–Crippen LogP) is 1.78. The van der Waals surface area contributed by atoms with Crippen molar-refractivity contribution in [1.29, 1.82) is 0 Å². The number of benzene rings is 1. The lowest BCUT2D eigenvalue weighted by molar-refractivity contribution is -0.607. The van der Waals surface area contributed by atoms with Gasteiger partial charge in [0, 0.05) is 24.5 Å². The van der Waals surface area contributed by atoms with Crippen molar-refractivity contribution in [3.63, 3.8) is 0 Å². The molecule has 0 unspecified atom stereocenters. The summed E-state index contributed by atoms with van der Waals surface area (Å²) in [4.78, 5) is 37.1. The quantitative estimate of drug-likeness (QED) is 0.241. The van der Waals surface area contributed by atoms with Crippen molar-refractivity contribution in [3.8, 4) is 0 Å². The Kier molecular flexibility index (Phi) is 6.59.